The number of allylic oxidation sites excluding steroid dienone is 2. The van der Waals surface area contributed by atoms with Crippen LogP contribution in [0.3, 0.4) is 0 Å². The van der Waals surface area contributed by atoms with Gasteiger partial charge >= 0.3 is 0 Å². The van der Waals surface area contributed by atoms with Gasteiger partial charge in [-0.05, 0) is 6.92 Å². The summed E-state index contributed by atoms with van der Waals surface area (Å²) in [6, 6.07) is 8.43. The van der Waals surface area contributed by atoms with Crippen LogP contribution in [0, 0.1) is 12.3 Å². The van der Waals surface area contributed by atoms with Crippen LogP contribution in [-0.4, -0.2) is 16.5 Å². The van der Waals surface area contributed by atoms with E-state index in [9.17, 15) is 0 Å². The number of benzene rings is 1. The first-order valence-electron chi connectivity index (χ1n) is 6.88. The van der Waals surface area contributed by atoms with E-state index in [1.165, 1.54) is 17.0 Å². The van der Waals surface area contributed by atoms with Crippen molar-refractivity contribution in [1.29, 1.82) is 0 Å². The van der Waals surface area contributed by atoms with Crippen molar-refractivity contribution in [2.45, 2.75) is 47.8 Å². The van der Waals surface area contributed by atoms with E-state index in [1.54, 1.807) is 0 Å². The molecule has 19 heavy (non-hydrogen) atoms. The van der Waals surface area contributed by atoms with Crippen LogP contribution in [0.1, 0.15) is 40.2 Å². The Balaban J connectivity index is 2.52. The van der Waals surface area contributed by atoms with Gasteiger partial charge in [0, 0.05) is 37.0 Å². The first kappa shape index (κ1) is 13.9. The van der Waals surface area contributed by atoms with E-state index in [-0.39, 0.29) is 11.6 Å². The van der Waals surface area contributed by atoms with Crippen molar-refractivity contribution in [2.75, 3.05) is 0 Å². The van der Waals surface area contributed by atoms with Gasteiger partial charge < -0.3 is 4.74 Å². The summed E-state index contributed by atoms with van der Waals surface area (Å²) in [5.41, 5.74) is 3.77. The molecule has 0 N–H and O–H groups in total. The lowest BCUT2D eigenvalue weighted by molar-refractivity contribution is -0.537. The molecule has 2 heteroatoms. The average molecular weight is 258 g/mol. The molecule has 0 saturated carbocycles. The number of rotatable bonds is 1. The van der Waals surface area contributed by atoms with Gasteiger partial charge in [-0.1, -0.05) is 39.0 Å². The standard InChI is InChI=1S/C17H24NO/c1-12-9-7-8-10-15(12)18-13(2)11-16(17(4,5)6)19-14(18)3/h7-11,14H,1-6H3/q+1. The Labute approximate surface area is 116 Å². The van der Waals surface area contributed by atoms with E-state index >= 15 is 0 Å². The first-order valence-corrected chi connectivity index (χ1v) is 6.88. The van der Waals surface area contributed by atoms with E-state index in [4.69, 9.17) is 4.74 Å². The molecule has 0 saturated heterocycles. The van der Waals surface area contributed by atoms with E-state index < -0.39 is 0 Å². The summed E-state index contributed by atoms with van der Waals surface area (Å²) in [6.45, 7) is 12.9. The number of nitrogens with zero attached hydrogens (tertiary/aromatic N) is 1. The highest BCUT2D eigenvalue weighted by molar-refractivity contribution is 5.90. The molecule has 0 aromatic heterocycles. The van der Waals surface area contributed by atoms with E-state index in [0.717, 1.165) is 5.76 Å². The maximum Gasteiger partial charge on any atom is 0.299 e. The fourth-order valence-corrected chi connectivity index (χ4v) is 2.43. The van der Waals surface area contributed by atoms with Gasteiger partial charge in [-0.2, -0.15) is 4.58 Å². The lowest BCUT2D eigenvalue weighted by atomic mass is 9.92. The van der Waals surface area contributed by atoms with Crippen LogP contribution in [0.25, 0.3) is 0 Å². The Morgan fingerprint density at radius 1 is 1.11 bits per heavy atom. The second-order valence-electron chi connectivity index (χ2n) is 6.27. The van der Waals surface area contributed by atoms with Crippen LogP contribution in [0.15, 0.2) is 36.1 Å². The molecule has 1 aromatic rings. The van der Waals surface area contributed by atoms with Crippen molar-refractivity contribution in [3.63, 3.8) is 0 Å². The van der Waals surface area contributed by atoms with Gasteiger partial charge in [0.15, 0.2) is 5.71 Å². The third-order valence-electron chi connectivity index (χ3n) is 3.50. The van der Waals surface area contributed by atoms with Crippen LogP contribution in [0.5, 0.6) is 0 Å². The fraction of sp³-hybridized carbons (Fsp3) is 0.471. The zero-order valence-corrected chi connectivity index (χ0v) is 12.8. The summed E-state index contributed by atoms with van der Waals surface area (Å²) >= 11 is 0. The summed E-state index contributed by atoms with van der Waals surface area (Å²) < 4.78 is 8.36. The molecule has 0 fully saturated rings. The number of hydrogen-bond acceptors (Lipinski definition) is 1. The molecular weight excluding hydrogens is 234 g/mol. The summed E-state index contributed by atoms with van der Waals surface area (Å²) in [7, 11) is 0. The molecule has 0 aliphatic carbocycles. The van der Waals surface area contributed by atoms with E-state index in [1.807, 2.05) is 0 Å². The zero-order valence-electron chi connectivity index (χ0n) is 12.8. The third kappa shape index (κ3) is 2.73. The second-order valence-corrected chi connectivity index (χ2v) is 6.27. The minimum Gasteiger partial charge on any atom is -0.437 e. The molecule has 2 rings (SSSR count). The monoisotopic (exact) mass is 258 g/mol. The van der Waals surface area contributed by atoms with Gasteiger partial charge in [-0.15, -0.1) is 0 Å². The molecule has 1 aliphatic heterocycles. The van der Waals surface area contributed by atoms with Crippen LogP contribution in [0.2, 0.25) is 0 Å². The molecule has 1 heterocycles. The van der Waals surface area contributed by atoms with Gasteiger partial charge in [0.1, 0.15) is 5.76 Å². The molecule has 1 atom stereocenters. The lowest BCUT2D eigenvalue weighted by Crippen LogP contribution is -2.33. The lowest BCUT2D eigenvalue weighted by Gasteiger charge is -2.28. The Kier molecular flexibility index (Phi) is 3.53. The summed E-state index contributed by atoms with van der Waals surface area (Å²) in [5, 5.41) is 0. The smallest absolute Gasteiger partial charge is 0.299 e. The van der Waals surface area contributed by atoms with Gasteiger partial charge in [-0.25, -0.2) is 0 Å². The SMILES string of the molecule is CC1=[N+](c2ccccc2C)C(C)OC(C(C)(C)C)=C1. The molecule has 1 unspecified atom stereocenters. The van der Waals surface area contributed by atoms with Crippen LogP contribution >= 0.6 is 0 Å². The van der Waals surface area contributed by atoms with Crippen molar-refractivity contribution < 1.29 is 9.31 Å². The highest BCUT2D eigenvalue weighted by Gasteiger charge is 2.33. The minimum absolute atomic E-state index is 0.0281. The first-order chi connectivity index (χ1) is 8.80. The molecule has 0 spiro atoms. The minimum atomic E-state index is 0.0281. The van der Waals surface area contributed by atoms with E-state index in [2.05, 4.69) is 76.5 Å². The van der Waals surface area contributed by atoms with Crippen LogP contribution < -0.4 is 0 Å². The third-order valence-corrected chi connectivity index (χ3v) is 3.50. The van der Waals surface area contributed by atoms with Gasteiger partial charge in [0.2, 0.25) is 5.69 Å². The molecule has 0 bridgehead atoms. The summed E-state index contributed by atoms with van der Waals surface area (Å²) in [6.07, 6.45) is 2.19. The Bertz CT molecular complexity index is 547. The number of aryl methyl sites for hydroxylation is 1. The van der Waals surface area contributed by atoms with Crippen LogP contribution in [-0.2, 0) is 4.74 Å². The Morgan fingerprint density at radius 2 is 1.74 bits per heavy atom. The van der Waals surface area contributed by atoms with Gasteiger partial charge in [0.25, 0.3) is 6.23 Å². The number of para-hydroxylation sites is 1. The predicted molar refractivity (Wildman–Crippen MR) is 79.9 cm³/mol. The Morgan fingerprint density at radius 3 is 2.26 bits per heavy atom. The molecule has 0 radical (unpaired) electrons. The molecule has 1 aromatic carbocycles. The second kappa shape index (κ2) is 4.84. The van der Waals surface area contributed by atoms with Gasteiger partial charge in [-0.3, -0.25) is 0 Å². The van der Waals surface area contributed by atoms with Crippen molar-refractivity contribution >= 4 is 11.4 Å². The topological polar surface area (TPSA) is 12.2 Å². The molecule has 2 nitrogen and oxygen atoms in total. The highest BCUT2D eigenvalue weighted by Crippen LogP contribution is 2.32. The van der Waals surface area contributed by atoms with Crippen molar-refractivity contribution in [2.24, 2.45) is 5.41 Å². The maximum atomic E-state index is 6.11. The van der Waals surface area contributed by atoms with Crippen molar-refractivity contribution in [3.05, 3.63) is 41.7 Å². The summed E-state index contributed by atoms with van der Waals surface area (Å²) in [5.74, 6) is 1.06. The molecule has 1 aliphatic rings. The maximum absolute atomic E-state index is 6.11. The molecule has 102 valence electrons. The van der Waals surface area contributed by atoms with Gasteiger partial charge in [0.05, 0.1) is 0 Å². The quantitative estimate of drug-likeness (QED) is 0.680. The molecule has 0 amide bonds. The molecular formula is C17H24NO+. The van der Waals surface area contributed by atoms with Crippen LogP contribution in [0.4, 0.5) is 5.69 Å². The highest BCUT2D eigenvalue weighted by atomic mass is 16.5. The average Bonchev–Trinajstić information content (AvgIpc) is 2.29. The van der Waals surface area contributed by atoms with E-state index in [0.29, 0.717) is 0 Å². The number of hydrogen-bond donors (Lipinski definition) is 0. The number of ether oxygens (including phenoxy) is 1. The summed E-state index contributed by atoms with van der Waals surface area (Å²) in [4.78, 5) is 0. The normalized spacial score (nSPS) is 20.1. The van der Waals surface area contributed by atoms with Crippen molar-refractivity contribution in [1.82, 2.24) is 0 Å². The zero-order chi connectivity index (χ0) is 14.2. The van der Waals surface area contributed by atoms with Crippen molar-refractivity contribution in [3.8, 4) is 0 Å². The fourth-order valence-electron chi connectivity index (χ4n) is 2.43. The largest absolute Gasteiger partial charge is 0.437 e. The predicted octanol–water partition coefficient (Wildman–Crippen LogP) is 4.41. The Hall–Kier alpha value is -1.57.